The van der Waals surface area contributed by atoms with Gasteiger partial charge >= 0.3 is 0 Å². The van der Waals surface area contributed by atoms with Gasteiger partial charge in [-0.2, -0.15) is 0 Å². The minimum atomic E-state index is -0.764. The van der Waals surface area contributed by atoms with E-state index in [0.717, 1.165) is 30.8 Å². The summed E-state index contributed by atoms with van der Waals surface area (Å²) in [6, 6.07) is 5.89. The molecule has 1 aromatic carbocycles. The lowest BCUT2D eigenvalue weighted by Crippen LogP contribution is -2.38. The molecule has 1 unspecified atom stereocenters. The average molecular weight is 294 g/mol. The molecule has 0 saturated heterocycles. The number of anilines is 1. The molecule has 0 aliphatic heterocycles. The highest BCUT2D eigenvalue weighted by Crippen LogP contribution is 2.29. The maximum atomic E-state index is 10.3. The molecule has 4 nitrogen and oxygen atoms in total. The number of nitrogens with one attached hydrogen (secondary N) is 1. The molecule has 0 bridgehead atoms. The molecule has 0 aliphatic rings. The van der Waals surface area contributed by atoms with Crippen LogP contribution in [-0.2, 0) is 0 Å². The zero-order valence-electron chi connectivity index (χ0n) is 14.0. The number of hydrogen-bond donors (Lipinski definition) is 3. The van der Waals surface area contributed by atoms with Crippen LogP contribution in [0.15, 0.2) is 18.2 Å². The fourth-order valence-electron chi connectivity index (χ4n) is 2.42. The second kappa shape index (κ2) is 7.66. The number of aliphatic hydroxyl groups is 1. The Hall–Kier alpha value is -1.26. The first-order chi connectivity index (χ1) is 9.78. The molecule has 3 N–H and O–H groups in total. The lowest BCUT2D eigenvalue weighted by Gasteiger charge is -2.30. The van der Waals surface area contributed by atoms with Gasteiger partial charge in [0.15, 0.2) is 0 Å². The van der Waals surface area contributed by atoms with Crippen LogP contribution < -0.4 is 10.2 Å². The van der Waals surface area contributed by atoms with Crippen molar-refractivity contribution in [1.29, 1.82) is 0 Å². The van der Waals surface area contributed by atoms with Crippen LogP contribution in [0.1, 0.15) is 52.6 Å². The highest BCUT2D eigenvalue weighted by molar-refractivity contribution is 5.54. The molecule has 0 aromatic heterocycles. The summed E-state index contributed by atoms with van der Waals surface area (Å²) >= 11 is 0. The number of nitrogens with zero attached hydrogens (tertiary/aromatic N) is 1. The SMILES string of the molecule is CCCNC(C)c1ccc(N(CC)CC(C)(C)O)cc1O. The Morgan fingerprint density at radius 3 is 2.43 bits per heavy atom. The van der Waals surface area contributed by atoms with Crippen molar-refractivity contribution in [1.82, 2.24) is 5.32 Å². The van der Waals surface area contributed by atoms with Gasteiger partial charge in [-0.3, -0.25) is 0 Å². The number of rotatable bonds is 8. The minimum absolute atomic E-state index is 0.128. The van der Waals surface area contributed by atoms with Crippen LogP contribution in [0, 0.1) is 0 Å². The van der Waals surface area contributed by atoms with Gasteiger partial charge < -0.3 is 20.4 Å². The normalized spacial score (nSPS) is 13.2. The van der Waals surface area contributed by atoms with Gasteiger partial charge in [-0.1, -0.05) is 13.0 Å². The Kier molecular flexibility index (Phi) is 6.49. The van der Waals surface area contributed by atoms with Crippen molar-refractivity contribution >= 4 is 5.69 Å². The zero-order valence-corrected chi connectivity index (χ0v) is 14.0. The molecule has 1 aromatic rings. The molecule has 0 spiro atoms. The smallest absolute Gasteiger partial charge is 0.122 e. The van der Waals surface area contributed by atoms with Crippen LogP contribution in [0.3, 0.4) is 0 Å². The van der Waals surface area contributed by atoms with Gasteiger partial charge in [-0.25, -0.2) is 0 Å². The monoisotopic (exact) mass is 294 g/mol. The summed E-state index contributed by atoms with van der Waals surface area (Å²) in [5, 5.41) is 23.6. The second-order valence-corrected chi connectivity index (χ2v) is 6.25. The molecule has 1 rings (SSSR count). The number of benzene rings is 1. The number of likely N-dealkylation sites (N-methyl/N-ethyl adjacent to an activating group) is 1. The summed E-state index contributed by atoms with van der Waals surface area (Å²) in [6.45, 7) is 12.1. The van der Waals surface area contributed by atoms with Gasteiger partial charge in [0.05, 0.1) is 5.60 Å². The van der Waals surface area contributed by atoms with Crippen LogP contribution >= 0.6 is 0 Å². The first-order valence-corrected chi connectivity index (χ1v) is 7.82. The average Bonchev–Trinajstić information content (AvgIpc) is 2.41. The Labute approximate surface area is 128 Å². The van der Waals surface area contributed by atoms with E-state index < -0.39 is 5.60 Å². The Bertz CT molecular complexity index is 441. The predicted octanol–water partition coefficient (Wildman–Crippen LogP) is 3.05. The van der Waals surface area contributed by atoms with Crippen molar-refractivity contribution in [3.05, 3.63) is 23.8 Å². The van der Waals surface area contributed by atoms with Crippen LogP contribution in [0.4, 0.5) is 5.69 Å². The quantitative estimate of drug-likeness (QED) is 0.690. The third-order valence-electron chi connectivity index (χ3n) is 3.51. The van der Waals surface area contributed by atoms with E-state index in [9.17, 15) is 10.2 Å². The lowest BCUT2D eigenvalue weighted by atomic mass is 10.0. The molecule has 1 atom stereocenters. The number of aromatic hydroxyl groups is 1. The van der Waals surface area contributed by atoms with E-state index in [2.05, 4.69) is 24.1 Å². The second-order valence-electron chi connectivity index (χ2n) is 6.25. The first kappa shape index (κ1) is 17.8. The van der Waals surface area contributed by atoms with Gasteiger partial charge in [-0.05, 0) is 46.7 Å². The maximum absolute atomic E-state index is 10.3. The predicted molar refractivity (Wildman–Crippen MR) is 89.0 cm³/mol. The van der Waals surface area contributed by atoms with E-state index in [4.69, 9.17) is 0 Å². The van der Waals surface area contributed by atoms with Gasteiger partial charge in [0.2, 0.25) is 0 Å². The van der Waals surface area contributed by atoms with E-state index >= 15 is 0 Å². The highest BCUT2D eigenvalue weighted by atomic mass is 16.3. The maximum Gasteiger partial charge on any atom is 0.122 e. The number of phenolic OH excluding ortho intramolecular Hbond substituents is 1. The van der Waals surface area contributed by atoms with Gasteiger partial charge in [0.25, 0.3) is 0 Å². The molecular weight excluding hydrogens is 264 g/mol. The fourth-order valence-corrected chi connectivity index (χ4v) is 2.42. The molecular formula is C17H30N2O2. The molecule has 0 amide bonds. The van der Waals surface area contributed by atoms with Crippen LogP contribution in [0.2, 0.25) is 0 Å². The summed E-state index contributed by atoms with van der Waals surface area (Å²) in [7, 11) is 0. The summed E-state index contributed by atoms with van der Waals surface area (Å²) in [6.07, 6.45) is 1.07. The van der Waals surface area contributed by atoms with Gasteiger partial charge in [0.1, 0.15) is 5.75 Å². The summed E-state index contributed by atoms with van der Waals surface area (Å²) in [5.41, 5.74) is 1.08. The van der Waals surface area contributed by atoms with E-state index in [1.807, 2.05) is 19.1 Å². The third kappa shape index (κ3) is 5.56. The van der Waals surface area contributed by atoms with Crippen LogP contribution in [-0.4, -0.2) is 35.4 Å². The van der Waals surface area contributed by atoms with Crippen molar-refractivity contribution in [3.8, 4) is 5.75 Å². The first-order valence-electron chi connectivity index (χ1n) is 7.82. The largest absolute Gasteiger partial charge is 0.508 e. The third-order valence-corrected chi connectivity index (χ3v) is 3.51. The van der Waals surface area contributed by atoms with Crippen molar-refractivity contribution in [2.75, 3.05) is 24.5 Å². The molecule has 4 heteroatoms. The van der Waals surface area contributed by atoms with E-state index in [0.29, 0.717) is 12.3 Å². The van der Waals surface area contributed by atoms with Gasteiger partial charge in [-0.15, -0.1) is 0 Å². The van der Waals surface area contributed by atoms with E-state index in [-0.39, 0.29) is 6.04 Å². The van der Waals surface area contributed by atoms with Crippen LogP contribution in [0.5, 0.6) is 5.75 Å². The van der Waals surface area contributed by atoms with Crippen molar-refractivity contribution in [2.24, 2.45) is 0 Å². The van der Waals surface area contributed by atoms with E-state index in [1.54, 1.807) is 19.9 Å². The lowest BCUT2D eigenvalue weighted by molar-refractivity contribution is 0.0876. The van der Waals surface area contributed by atoms with Crippen LogP contribution in [0.25, 0.3) is 0 Å². The summed E-state index contributed by atoms with van der Waals surface area (Å²) in [4.78, 5) is 2.06. The number of hydrogen-bond acceptors (Lipinski definition) is 4. The van der Waals surface area contributed by atoms with E-state index in [1.165, 1.54) is 0 Å². The molecule has 0 radical (unpaired) electrons. The molecule has 0 fully saturated rings. The number of phenols is 1. The fraction of sp³-hybridized carbons (Fsp3) is 0.647. The van der Waals surface area contributed by atoms with Gasteiger partial charge in [0, 0.05) is 36.4 Å². The Balaban J connectivity index is 2.90. The topological polar surface area (TPSA) is 55.7 Å². The molecule has 0 saturated carbocycles. The zero-order chi connectivity index (χ0) is 16.0. The summed E-state index contributed by atoms with van der Waals surface area (Å²) < 4.78 is 0. The Morgan fingerprint density at radius 1 is 1.29 bits per heavy atom. The Morgan fingerprint density at radius 2 is 1.95 bits per heavy atom. The summed E-state index contributed by atoms with van der Waals surface area (Å²) in [5.74, 6) is 0.304. The molecule has 21 heavy (non-hydrogen) atoms. The highest BCUT2D eigenvalue weighted by Gasteiger charge is 2.19. The molecule has 0 heterocycles. The molecule has 0 aliphatic carbocycles. The molecule has 120 valence electrons. The van der Waals surface area contributed by atoms with Crippen molar-refractivity contribution < 1.29 is 10.2 Å². The van der Waals surface area contributed by atoms with Crippen molar-refractivity contribution in [3.63, 3.8) is 0 Å². The van der Waals surface area contributed by atoms with Crippen molar-refractivity contribution in [2.45, 2.75) is 52.7 Å². The standard InChI is InChI=1S/C17H30N2O2/c1-6-10-18-13(3)15-9-8-14(11-16(15)20)19(7-2)12-17(4,5)21/h8-9,11,13,18,20-21H,6-7,10,12H2,1-5H3. The minimum Gasteiger partial charge on any atom is -0.508 e.